The minimum Gasteiger partial charge on any atom is -0.394 e. The van der Waals surface area contributed by atoms with Gasteiger partial charge < -0.3 is 21.1 Å². The summed E-state index contributed by atoms with van der Waals surface area (Å²) in [6.07, 6.45) is 7.55. The second kappa shape index (κ2) is 17.4. The van der Waals surface area contributed by atoms with Crippen molar-refractivity contribution >= 4 is 0 Å². The maximum atomic E-state index is 11.8. The first kappa shape index (κ1) is 29.8. The van der Waals surface area contributed by atoms with Gasteiger partial charge in [-0.05, 0) is 5.92 Å². The quantitative estimate of drug-likeness (QED) is 0.554. The van der Waals surface area contributed by atoms with Crippen LogP contribution in [0.2, 0.25) is 0 Å². The van der Waals surface area contributed by atoms with Crippen molar-refractivity contribution in [3.8, 4) is 0 Å². The minimum atomic E-state index is -4.35. The number of aromatic nitrogens is 2. The predicted molar refractivity (Wildman–Crippen MR) is 102 cm³/mol. The van der Waals surface area contributed by atoms with Crippen molar-refractivity contribution < 1.29 is 69.3 Å². The zero-order valence-corrected chi connectivity index (χ0v) is 20.5. The molecule has 0 aromatic carbocycles. The second-order valence-corrected chi connectivity index (χ2v) is 5.85. The summed E-state index contributed by atoms with van der Waals surface area (Å²) in [5.41, 5.74) is 0.893. The van der Waals surface area contributed by atoms with Gasteiger partial charge in [0, 0.05) is 14.2 Å². The number of halogens is 3. The second-order valence-electron chi connectivity index (χ2n) is 5.85. The van der Waals surface area contributed by atoms with Crippen LogP contribution in [0, 0.1) is 19.5 Å². The zero-order valence-electron chi connectivity index (χ0n) is 17.4. The molecule has 28 heavy (non-hydrogen) atoms. The van der Waals surface area contributed by atoms with Gasteiger partial charge in [0.05, 0.1) is 0 Å². The Hall–Kier alpha value is -0.444. The van der Waals surface area contributed by atoms with Crippen LogP contribution in [0.5, 0.6) is 0 Å². The number of pyridine rings is 2. The van der Waals surface area contributed by atoms with Crippen LogP contribution in [0.25, 0.3) is 0 Å². The predicted octanol–water partition coefficient (Wildman–Crippen LogP) is 2.93. The van der Waals surface area contributed by atoms with Crippen LogP contribution < -0.4 is 51.4 Å². The van der Waals surface area contributed by atoms with E-state index in [1.807, 2.05) is 12.3 Å². The number of ether oxygens (including phenoxy) is 1. The van der Waals surface area contributed by atoms with E-state index in [0.29, 0.717) is 11.5 Å². The van der Waals surface area contributed by atoms with Crippen molar-refractivity contribution in [2.75, 3.05) is 14.2 Å². The summed E-state index contributed by atoms with van der Waals surface area (Å²) in [6.45, 7) is 7.80. The standard InChI is InChI=1S/C9H12N.C7H5F3N.C3H5.C2H6O.K/c1-3-8(2)9-5-4-6-10-7-9;1-5-2-3-6(11-4-5)7(8,9)10;1-2-3-1;1-3-2;/h4-5,7-8H,3H2,1-2H3;2-4H,1H2;1H,2-3H2;1-2H3;/q3*-1;;+1. The van der Waals surface area contributed by atoms with Gasteiger partial charge in [-0.25, -0.2) is 12.8 Å². The fourth-order valence-electron chi connectivity index (χ4n) is 1.45. The number of rotatable bonds is 2. The van der Waals surface area contributed by atoms with E-state index in [9.17, 15) is 13.2 Å². The molecule has 0 spiro atoms. The number of nitrogens with zero attached hydrogens (tertiary/aromatic N) is 2. The third-order valence-corrected chi connectivity index (χ3v) is 3.22. The normalized spacial score (nSPS) is 12.4. The molecule has 1 fully saturated rings. The van der Waals surface area contributed by atoms with Crippen molar-refractivity contribution in [1.29, 1.82) is 0 Å². The van der Waals surface area contributed by atoms with Crippen LogP contribution >= 0.6 is 0 Å². The SMILES string of the molecule is CCC(C)c1cc[c-]nc1.COC.[CH-]1CC1.[CH2-]c1ccc(C(F)(F)F)nc1.[K+]. The molecule has 0 saturated heterocycles. The first-order valence-electron chi connectivity index (χ1n) is 8.65. The van der Waals surface area contributed by atoms with Crippen molar-refractivity contribution in [2.24, 2.45) is 0 Å². The van der Waals surface area contributed by atoms with Gasteiger partial charge in [-0.3, -0.25) is 0 Å². The molecule has 0 amide bonds. The zero-order chi connectivity index (χ0) is 20.7. The van der Waals surface area contributed by atoms with E-state index in [2.05, 4.69) is 54.2 Å². The number of methoxy groups -OCH3 is 1. The monoisotopic (exact) mass is 420 g/mol. The summed E-state index contributed by atoms with van der Waals surface area (Å²) in [5.74, 6) is 0.627. The average Bonchev–Trinajstić information content (AvgIpc) is 3.52. The third-order valence-electron chi connectivity index (χ3n) is 3.22. The summed E-state index contributed by atoms with van der Waals surface area (Å²) in [7, 11) is 3.25. The maximum absolute atomic E-state index is 11.8. The number of hydrogen-bond donors (Lipinski definition) is 0. The molecule has 2 aromatic rings. The molecule has 1 unspecified atom stereocenters. The van der Waals surface area contributed by atoms with E-state index in [4.69, 9.17) is 0 Å². The summed E-state index contributed by atoms with van der Waals surface area (Å²) in [5, 5.41) is 0. The molecule has 152 valence electrons. The van der Waals surface area contributed by atoms with E-state index in [1.165, 1.54) is 30.9 Å². The largest absolute Gasteiger partial charge is 1.00 e. The van der Waals surface area contributed by atoms with E-state index < -0.39 is 11.9 Å². The van der Waals surface area contributed by atoms with Crippen LogP contribution in [-0.4, -0.2) is 24.2 Å². The van der Waals surface area contributed by atoms with E-state index in [0.717, 1.165) is 12.3 Å². The van der Waals surface area contributed by atoms with E-state index in [1.54, 1.807) is 14.2 Å². The molecule has 0 bridgehead atoms. The van der Waals surface area contributed by atoms with Gasteiger partial charge >= 0.3 is 57.6 Å². The van der Waals surface area contributed by atoms with Crippen molar-refractivity contribution in [3.63, 3.8) is 0 Å². The first-order valence-corrected chi connectivity index (χ1v) is 8.65. The molecule has 1 aliphatic rings. The fraction of sp³-hybridized carbons (Fsp3) is 0.429. The molecule has 2 heterocycles. The van der Waals surface area contributed by atoms with E-state index >= 15 is 0 Å². The van der Waals surface area contributed by atoms with Gasteiger partial charge in [0.2, 0.25) is 0 Å². The summed E-state index contributed by atoms with van der Waals surface area (Å²) < 4.78 is 39.8. The molecule has 1 aliphatic carbocycles. The van der Waals surface area contributed by atoms with Crippen LogP contribution in [0.15, 0.2) is 36.7 Å². The molecule has 1 saturated carbocycles. The average molecular weight is 421 g/mol. The van der Waals surface area contributed by atoms with Gasteiger partial charge in [0.15, 0.2) is 0 Å². The number of alkyl halides is 3. The van der Waals surface area contributed by atoms with E-state index in [-0.39, 0.29) is 51.4 Å². The topological polar surface area (TPSA) is 35.0 Å². The Balaban J connectivity index is 0. The van der Waals surface area contributed by atoms with Crippen molar-refractivity contribution in [2.45, 2.75) is 45.2 Å². The molecule has 2 aromatic heterocycles. The van der Waals surface area contributed by atoms with Crippen molar-refractivity contribution in [1.82, 2.24) is 9.97 Å². The minimum absolute atomic E-state index is 0. The van der Waals surface area contributed by atoms with Crippen molar-refractivity contribution in [3.05, 3.63) is 73.0 Å². The van der Waals surface area contributed by atoms with Gasteiger partial charge in [-0.15, -0.1) is 5.56 Å². The van der Waals surface area contributed by atoms with Crippen LogP contribution in [0.4, 0.5) is 13.2 Å². The first-order chi connectivity index (χ1) is 12.8. The maximum Gasteiger partial charge on any atom is 1.00 e. The van der Waals surface area contributed by atoms with Gasteiger partial charge in [0.1, 0.15) is 5.69 Å². The molecule has 1 atom stereocenters. The molecular formula is C21H28F3KN2O-2. The third kappa shape index (κ3) is 16.5. The summed E-state index contributed by atoms with van der Waals surface area (Å²) >= 11 is 0. The molecule has 3 nitrogen and oxygen atoms in total. The fourth-order valence-corrected chi connectivity index (χ4v) is 1.45. The molecule has 0 radical (unpaired) electrons. The molecule has 3 rings (SSSR count). The smallest absolute Gasteiger partial charge is 0.394 e. The molecule has 0 aliphatic heterocycles. The molecule has 0 N–H and O–H groups in total. The Kier molecular flexibility index (Phi) is 18.5. The molecular weight excluding hydrogens is 392 g/mol. The Labute approximate surface area is 209 Å². The number of hydrogen-bond acceptors (Lipinski definition) is 3. The van der Waals surface area contributed by atoms with Gasteiger partial charge in [0.25, 0.3) is 0 Å². The van der Waals surface area contributed by atoms with Gasteiger partial charge in [-0.1, -0.05) is 44.9 Å². The van der Waals surface area contributed by atoms with Gasteiger partial charge in [-0.2, -0.15) is 43.9 Å². The van der Waals surface area contributed by atoms with Crippen LogP contribution in [0.3, 0.4) is 0 Å². The Morgan fingerprint density at radius 2 is 1.79 bits per heavy atom. The summed E-state index contributed by atoms with van der Waals surface area (Å²) in [4.78, 5) is 7.09. The van der Waals surface area contributed by atoms with Crippen LogP contribution in [-0.2, 0) is 10.9 Å². The summed E-state index contributed by atoms with van der Waals surface area (Å²) in [6, 6.07) is 6.11. The molecule has 7 heteroatoms. The Bertz CT molecular complexity index is 588. The Morgan fingerprint density at radius 3 is 2.11 bits per heavy atom. The van der Waals surface area contributed by atoms with Crippen LogP contribution in [0.1, 0.15) is 55.8 Å². The Morgan fingerprint density at radius 1 is 1.21 bits per heavy atom.